The zero-order valence-electron chi connectivity index (χ0n) is 71.9. The molecule has 0 aliphatic carbocycles. The number of carbonyl (C=O) groups is 4. The first-order valence-corrected chi connectivity index (χ1v) is 49.6. The molecular formula is C90H176O17P2. The van der Waals surface area contributed by atoms with Crippen molar-refractivity contribution in [3.05, 3.63) is 0 Å². The Morgan fingerprint density at radius 2 is 0.440 bits per heavy atom. The second kappa shape index (κ2) is 81.2. The van der Waals surface area contributed by atoms with Gasteiger partial charge in [0.2, 0.25) is 0 Å². The smallest absolute Gasteiger partial charge is 0.462 e. The van der Waals surface area contributed by atoms with Crippen molar-refractivity contribution in [2.24, 2.45) is 11.8 Å². The van der Waals surface area contributed by atoms with Crippen molar-refractivity contribution in [1.29, 1.82) is 0 Å². The van der Waals surface area contributed by atoms with Crippen molar-refractivity contribution < 1.29 is 80.2 Å². The molecular weight excluding hydrogens is 1410 g/mol. The molecule has 0 spiro atoms. The van der Waals surface area contributed by atoms with E-state index in [1.165, 1.54) is 302 Å². The summed E-state index contributed by atoms with van der Waals surface area (Å²) in [6.45, 7) is 9.83. The Morgan fingerprint density at radius 3 is 0.651 bits per heavy atom. The van der Waals surface area contributed by atoms with E-state index in [-0.39, 0.29) is 25.7 Å². The number of aliphatic hydroxyl groups excluding tert-OH is 1. The maximum atomic E-state index is 13.2. The fraction of sp³-hybridized carbons (Fsp3) is 0.956. The van der Waals surface area contributed by atoms with Crippen molar-refractivity contribution in [2.45, 2.75) is 503 Å². The molecule has 0 saturated carbocycles. The molecule has 0 saturated heterocycles. The highest BCUT2D eigenvalue weighted by Gasteiger charge is 2.31. The van der Waals surface area contributed by atoms with Crippen LogP contribution in [0.1, 0.15) is 485 Å². The molecule has 0 bridgehead atoms. The summed E-state index contributed by atoms with van der Waals surface area (Å²) in [5.74, 6) is -0.373. The molecule has 0 heterocycles. The molecule has 0 aromatic heterocycles. The molecule has 0 amide bonds. The summed E-state index contributed by atoms with van der Waals surface area (Å²) in [5.41, 5.74) is 0. The number of rotatable bonds is 89. The van der Waals surface area contributed by atoms with Gasteiger partial charge in [0.1, 0.15) is 19.3 Å². The van der Waals surface area contributed by atoms with Gasteiger partial charge < -0.3 is 33.8 Å². The lowest BCUT2D eigenvalue weighted by Crippen LogP contribution is -2.30. The molecule has 648 valence electrons. The summed E-state index contributed by atoms with van der Waals surface area (Å²) >= 11 is 0. The van der Waals surface area contributed by atoms with Crippen molar-refractivity contribution in [1.82, 2.24) is 0 Å². The van der Waals surface area contributed by atoms with Gasteiger partial charge in [0.25, 0.3) is 0 Å². The second-order valence-electron chi connectivity index (χ2n) is 32.8. The van der Waals surface area contributed by atoms with Crippen LogP contribution in [0.3, 0.4) is 0 Å². The third-order valence-electron chi connectivity index (χ3n) is 21.9. The Hall–Kier alpha value is -1.94. The topological polar surface area (TPSA) is 237 Å². The molecule has 0 rings (SSSR count). The zero-order chi connectivity index (χ0) is 79.9. The molecule has 19 heteroatoms. The predicted molar refractivity (Wildman–Crippen MR) is 451 cm³/mol. The van der Waals surface area contributed by atoms with Gasteiger partial charge in [-0.1, -0.05) is 433 Å². The molecule has 0 aromatic carbocycles. The number of ether oxygens (including phenoxy) is 4. The minimum Gasteiger partial charge on any atom is -0.462 e. The van der Waals surface area contributed by atoms with Crippen molar-refractivity contribution in [2.75, 3.05) is 39.6 Å². The average Bonchev–Trinajstić information content (AvgIpc) is 0.898. The van der Waals surface area contributed by atoms with Gasteiger partial charge in [-0.15, -0.1) is 0 Å². The van der Waals surface area contributed by atoms with E-state index < -0.39 is 97.5 Å². The van der Waals surface area contributed by atoms with Gasteiger partial charge >= 0.3 is 39.5 Å². The van der Waals surface area contributed by atoms with E-state index in [2.05, 4.69) is 41.5 Å². The van der Waals surface area contributed by atoms with E-state index in [4.69, 9.17) is 37.0 Å². The second-order valence-corrected chi connectivity index (χ2v) is 35.7. The van der Waals surface area contributed by atoms with Crippen LogP contribution in [0.2, 0.25) is 0 Å². The Morgan fingerprint density at radius 1 is 0.257 bits per heavy atom. The van der Waals surface area contributed by atoms with Crippen LogP contribution in [0, 0.1) is 11.8 Å². The molecule has 0 aromatic rings. The van der Waals surface area contributed by atoms with Gasteiger partial charge in [-0.3, -0.25) is 37.3 Å². The Bertz CT molecular complexity index is 2080. The molecule has 17 nitrogen and oxygen atoms in total. The number of phosphoric acid groups is 2. The number of unbranched alkanes of at least 4 members (excludes halogenated alkanes) is 57. The first kappa shape index (κ1) is 107. The van der Waals surface area contributed by atoms with Crippen LogP contribution in [-0.2, 0) is 65.4 Å². The number of hydrogen-bond acceptors (Lipinski definition) is 15. The summed E-state index contributed by atoms with van der Waals surface area (Å²) in [4.78, 5) is 73.4. The third-order valence-corrected chi connectivity index (χ3v) is 23.8. The van der Waals surface area contributed by atoms with Gasteiger partial charge in [-0.05, 0) is 37.5 Å². The molecule has 109 heavy (non-hydrogen) atoms. The minimum atomic E-state index is -4.97. The van der Waals surface area contributed by atoms with E-state index in [9.17, 15) is 43.2 Å². The number of esters is 4. The highest BCUT2D eigenvalue weighted by Crippen LogP contribution is 2.45. The maximum Gasteiger partial charge on any atom is 0.472 e. The Kier molecular flexibility index (Phi) is 79.8. The molecule has 0 fully saturated rings. The standard InChI is InChI=1S/C90H176O17P2/c1-7-11-13-15-17-19-21-23-24-30-38-44-50-56-62-68-74-89(94)106-85(78-100-87(92)72-66-60-54-48-42-34-22-20-18-16-14-12-8-2)80-104-108(96,97)102-76-84(91)77-103-109(98,99)105-81-86(79-101-88(93)73-67-61-55-49-43-37-33-32-36-41-47-53-59-65-71-83(6)10-4)107-90(95)75-69-63-57-51-45-39-31-28-26-25-27-29-35-40-46-52-58-64-70-82(5)9-3/h82-86,91H,7-81H2,1-6H3,(H,96,97)(H,98,99)/t82?,83?,84-,85+,86+/m0/s1. The highest BCUT2D eigenvalue weighted by atomic mass is 31.2. The van der Waals surface area contributed by atoms with Gasteiger partial charge in [-0.25, -0.2) is 9.13 Å². The van der Waals surface area contributed by atoms with Crippen LogP contribution in [0.15, 0.2) is 0 Å². The summed E-state index contributed by atoms with van der Waals surface area (Å²) in [7, 11) is -9.93. The van der Waals surface area contributed by atoms with Crippen molar-refractivity contribution >= 4 is 39.5 Å². The predicted octanol–water partition coefficient (Wildman–Crippen LogP) is 27.8. The van der Waals surface area contributed by atoms with E-state index >= 15 is 0 Å². The number of hydrogen-bond donors (Lipinski definition) is 3. The average molecular weight is 1590 g/mol. The molecule has 4 unspecified atom stereocenters. The summed E-state index contributed by atoms with van der Waals surface area (Å²) in [6, 6.07) is 0. The molecule has 0 aliphatic heterocycles. The highest BCUT2D eigenvalue weighted by molar-refractivity contribution is 7.47. The molecule has 0 radical (unpaired) electrons. The third kappa shape index (κ3) is 81.0. The lowest BCUT2D eigenvalue weighted by atomic mass is 9.99. The first-order valence-electron chi connectivity index (χ1n) is 46.6. The maximum absolute atomic E-state index is 13.2. The fourth-order valence-electron chi connectivity index (χ4n) is 14.1. The summed E-state index contributed by atoms with van der Waals surface area (Å²) < 4.78 is 69.1. The SMILES string of the molecule is CCCCCCCCCCCCCCCCCCC(=O)O[C@H](COC(=O)CCCCCCCCCCCCCCC)COP(=O)(O)OC[C@H](O)COP(=O)(O)OC[C@@H](COC(=O)CCCCCCCCCCCCCCCCC(C)CC)OC(=O)CCCCCCCCCCCCCCCCCCCCC(C)CC. The number of aliphatic hydroxyl groups is 1. The van der Waals surface area contributed by atoms with Gasteiger partial charge in [-0.2, -0.15) is 0 Å². The Labute approximate surface area is 670 Å². The van der Waals surface area contributed by atoms with E-state index in [0.717, 1.165) is 102 Å². The van der Waals surface area contributed by atoms with Crippen LogP contribution < -0.4 is 0 Å². The lowest BCUT2D eigenvalue weighted by molar-refractivity contribution is -0.161. The van der Waals surface area contributed by atoms with E-state index in [0.29, 0.717) is 25.7 Å². The molecule has 0 aliphatic rings. The number of phosphoric ester groups is 2. The summed E-state index contributed by atoms with van der Waals surface area (Å²) in [5, 5.41) is 10.7. The van der Waals surface area contributed by atoms with E-state index in [1.54, 1.807) is 0 Å². The Balaban J connectivity index is 5.26. The fourth-order valence-corrected chi connectivity index (χ4v) is 15.6. The quantitative estimate of drug-likeness (QED) is 0.0222. The van der Waals surface area contributed by atoms with Gasteiger partial charge in [0, 0.05) is 25.7 Å². The largest absolute Gasteiger partial charge is 0.472 e. The zero-order valence-corrected chi connectivity index (χ0v) is 73.7. The van der Waals surface area contributed by atoms with Crippen LogP contribution in [0.5, 0.6) is 0 Å². The lowest BCUT2D eigenvalue weighted by Gasteiger charge is -2.21. The van der Waals surface area contributed by atoms with E-state index in [1.807, 2.05) is 0 Å². The van der Waals surface area contributed by atoms with Crippen molar-refractivity contribution in [3.8, 4) is 0 Å². The molecule has 7 atom stereocenters. The minimum absolute atomic E-state index is 0.109. The first-order chi connectivity index (χ1) is 52.9. The van der Waals surface area contributed by atoms with Crippen LogP contribution >= 0.6 is 15.6 Å². The van der Waals surface area contributed by atoms with Gasteiger partial charge in [0.15, 0.2) is 12.2 Å². The molecule has 3 N–H and O–H groups in total. The monoisotopic (exact) mass is 1590 g/mol. The van der Waals surface area contributed by atoms with Crippen molar-refractivity contribution in [3.63, 3.8) is 0 Å². The van der Waals surface area contributed by atoms with Crippen LogP contribution in [0.4, 0.5) is 0 Å². The van der Waals surface area contributed by atoms with Crippen LogP contribution in [-0.4, -0.2) is 96.7 Å². The van der Waals surface area contributed by atoms with Gasteiger partial charge in [0.05, 0.1) is 26.4 Å². The normalized spacial score (nSPS) is 14.2. The number of carbonyl (C=O) groups excluding carboxylic acids is 4. The van der Waals surface area contributed by atoms with Crippen LogP contribution in [0.25, 0.3) is 0 Å². The summed E-state index contributed by atoms with van der Waals surface area (Å²) in [6.07, 6.45) is 74.8.